The average Bonchev–Trinajstić information content (AvgIpc) is 3.18. The second-order valence-electron chi connectivity index (χ2n) is 8.41. The van der Waals surface area contributed by atoms with E-state index in [4.69, 9.17) is 22.1 Å². The highest BCUT2D eigenvalue weighted by atomic mass is 35.5. The fourth-order valence-electron chi connectivity index (χ4n) is 4.64. The number of benzene rings is 2. The zero-order chi connectivity index (χ0) is 24.2. The largest absolute Gasteiger partial charge is 0.436 e. The Kier molecular flexibility index (Phi) is 5.20. The van der Waals surface area contributed by atoms with Crippen LogP contribution in [-0.4, -0.2) is 39.8 Å². The molecule has 3 N–H and O–H groups in total. The van der Waals surface area contributed by atoms with Gasteiger partial charge in [-0.2, -0.15) is 5.10 Å². The summed E-state index contributed by atoms with van der Waals surface area (Å²) in [5.74, 6) is -1.60. The first-order valence-corrected chi connectivity index (χ1v) is 11.0. The predicted octanol–water partition coefficient (Wildman–Crippen LogP) is 4.39. The van der Waals surface area contributed by atoms with Crippen LogP contribution in [0.2, 0.25) is 5.02 Å². The molecule has 0 radical (unpaired) electrons. The lowest BCUT2D eigenvalue weighted by molar-refractivity contribution is -0.0418. The van der Waals surface area contributed by atoms with E-state index in [2.05, 4.69) is 10.4 Å². The number of nitrogen functional groups attached to an aromatic ring is 1. The molecule has 8 nitrogen and oxygen atoms in total. The molecule has 3 aromatic rings. The minimum atomic E-state index is -1.40. The number of anilines is 2. The van der Waals surface area contributed by atoms with Crippen LogP contribution in [0.25, 0.3) is 5.69 Å². The molecule has 1 fully saturated rings. The number of carbonyl (C=O) groups excluding carboxylic acids is 2. The van der Waals surface area contributed by atoms with E-state index in [0.717, 1.165) is 5.56 Å². The third kappa shape index (κ3) is 3.45. The standard InChI is InChI=1S/C23H20ClF2N5O3/c1-12-3-4-13(25)9-17(12)31-20(27)14(10-28-31)21(32)30-8-2-7-23(11-30)18-16(29-22(33)34-23)6-5-15(24)19(18)26/h3-6,9-10H,2,7-8,11,27H2,1H3,(H,29,33)/t23-/m0/s1. The second-order valence-corrected chi connectivity index (χ2v) is 8.82. The number of nitrogens with zero attached hydrogens (tertiary/aromatic N) is 3. The first-order valence-electron chi connectivity index (χ1n) is 10.6. The fourth-order valence-corrected chi connectivity index (χ4v) is 4.80. The topological polar surface area (TPSA) is 102 Å². The Bertz CT molecular complexity index is 1340. The van der Waals surface area contributed by atoms with Gasteiger partial charge >= 0.3 is 6.09 Å². The molecule has 2 aromatic carbocycles. The Balaban J connectivity index is 1.50. The summed E-state index contributed by atoms with van der Waals surface area (Å²) in [6.07, 6.45) is 1.33. The molecule has 2 aliphatic heterocycles. The maximum absolute atomic E-state index is 15.1. The van der Waals surface area contributed by atoms with E-state index in [1.165, 1.54) is 40.0 Å². The number of likely N-dealkylation sites (tertiary alicyclic amines) is 1. The van der Waals surface area contributed by atoms with E-state index in [1.807, 2.05) is 0 Å². The third-order valence-electron chi connectivity index (χ3n) is 6.25. The molecule has 1 spiro atoms. The number of carbonyl (C=O) groups is 2. The van der Waals surface area contributed by atoms with Crippen molar-refractivity contribution in [2.24, 2.45) is 0 Å². The van der Waals surface area contributed by atoms with Gasteiger partial charge < -0.3 is 15.4 Å². The Morgan fingerprint density at radius 3 is 2.88 bits per heavy atom. The fraction of sp³-hybridized carbons (Fsp3) is 0.261. The molecule has 0 saturated carbocycles. The zero-order valence-electron chi connectivity index (χ0n) is 18.1. The molecular weight excluding hydrogens is 468 g/mol. The highest BCUT2D eigenvalue weighted by molar-refractivity contribution is 6.31. The Labute approximate surface area is 198 Å². The summed E-state index contributed by atoms with van der Waals surface area (Å²) < 4.78 is 35.8. The van der Waals surface area contributed by atoms with E-state index >= 15 is 4.39 Å². The van der Waals surface area contributed by atoms with Gasteiger partial charge in [0.1, 0.15) is 17.2 Å². The molecule has 1 aromatic heterocycles. The summed E-state index contributed by atoms with van der Waals surface area (Å²) in [6.45, 7) is 2.02. The van der Waals surface area contributed by atoms with Crippen molar-refractivity contribution in [3.8, 4) is 5.69 Å². The maximum Gasteiger partial charge on any atom is 0.412 e. The normalized spacial score (nSPS) is 19.5. The zero-order valence-corrected chi connectivity index (χ0v) is 18.8. The van der Waals surface area contributed by atoms with Gasteiger partial charge in [-0.3, -0.25) is 10.1 Å². The number of amides is 2. The lowest BCUT2D eigenvalue weighted by Gasteiger charge is -2.45. The van der Waals surface area contributed by atoms with Crippen molar-refractivity contribution in [1.82, 2.24) is 14.7 Å². The van der Waals surface area contributed by atoms with Crippen molar-refractivity contribution in [2.45, 2.75) is 25.4 Å². The van der Waals surface area contributed by atoms with Crippen molar-refractivity contribution in [1.29, 1.82) is 0 Å². The van der Waals surface area contributed by atoms with Crippen LogP contribution in [0.3, 0.4) is 0 Å². The van der Waals surface area contributed by atoms with Gasteiger partial charge in [-0.25, -0.2) is 18.3 Å². The molecule has 1 saturated heterocycles. The quantitative estimate of drug-likeness (QED) is 0.558. The number of aromatic nitrogens is 2. The number of hydrogen-bond acceptors (Lipinski definition) is 5. The number of nitrogens with one attached hydrogen (secondary N) is 1. The molecule has 2 aliphatic rings. The second kappa shape index (κ2) is 7.98. The van der Waals surface area contributed by atoms with Crippen LogP contribution in [0.4, 0.5) is 25.1 Å². The van der Waals surface area contributed by atoms with Crippen molar-refractivity contribution in [3.05, 3.63) is 69.9 Å². The number of halogens is 3. The van der Waals surface area contributed by atoms with E-state index < -0.39 is 29.2 Å². The van der Waals surface area contributed by atoms with Gasteiger partial charge in [-0.05, 0) is 49.6 Å². The number of piperidine rings is 1. The molecule has 2 amide bonds. The van der Waals surface area contributed by atoms with Crippen molar-refractivity contribution in [3.63, 3.8) is 0 Å². The molecule has 0 unspecified atom stereocenters. The summed E-state index contributed by atoms with van der Waals surface area (Å²) >= 11 is 6.01. The summed E-state index contributed by atoms with van der Waals surface area (Å²) in [5, 5.41) is 6.56. The van der Waals surface area contributed by atoms with E-state index in [1.54, 1.807) is 13.0 Å². The summed E-state index contributed by atoms with van der Waals surface area (Å²) in [5.41, 5.74) is 6.42. The van der Waals surface area contributed by atoms with E-state index in [-0.39, 0.29) is 34.2 Å². The van der Waals surface area contributed by atoms with Crippen LogP contribution >= 0.6 is 11.6 Å². The van der Waals surface area contributed by atoms with Gasteiger partial charge in [0.2, 0.25) is 0 Å². The van der Waals surface area contributed by atoms with Gasteiger partial charge in [-0.1, -0.05) is 17.7 Å². The maximum atomic E-state index is 15.1. The minimum Gasteiger partial charge on any atom is -0.436 e. The number of fused-ring (bicyclic) bond motifs is 2. The molecule has 1 atom stereocenters. The summed E-state index contributed by atoms with van der Waals surface area (Å²) in [6, 6.07) is 7.05. The highest BCUT2D eigenvalue weighted by Gasteiger charge is 2.48. The van der Waals surface area contributed by atoms with Gasteiger partial charge in [0, 0.05) is 6.54 Å². The lowest BCUT2D eigenvalue weighted by atomic mass is 9.83. The molecule has 5 rings (SSSR count). The Morgan fingerprint density at radius 1 is 1.29 bits per heavy atom. The molecule has 11 heteroatoms. The Morgan fingerprint density at radius 2 is 2.09 bits per heavy atom. The van der Waals surface area contributed by atoms with Crippen molar-refractivity contribution >= 4 is 35.1 Å². The van der Waals surface area contributed by atoms with Crippen molar-refractivity contribution < 1.29 is 23.1 Å². The van der Waals surface area contributed by atoms with Gasteiger partial charge in [-0.15, -0.1) is 0 Å². The number of hydrogen-bond donors (Lipinski definition) is 2. The molecule has 176 valence electrons. The smallest absolute Gasteiger partial charge is 0.412 e. The molecule has 3 heterocycles. The highest BCUT2D eigenvalue weighted by Crippen LogP contribution is 2.45. The number of aryl methyl sites for hydroxylation is 1. The molecule has 34 heavy (non-hydrogen) atoms. The van der Waals surface area contributed by atoms with Crippen LogP contribution in [-0.2, 0) is 10.3 Å². The SMILES string of the molecule is Cc1ccc(F)cc1-n1ncc(C(=O)N2CCC[C@@]3(C2)OC(=O)Nc2ccc(Cl)c(F)c23)c1N. The lowest BCUT2D eigenvalue weighted by Crippen LogP contribution is -2.53. The first-order chi connectivity index (χ1) is 16.2. The van der Waals surface area contributed by atoms with E-state index in [9.17, 15) is 14.0 Å². The molecule has 0 aliphatic carbocycles. The summed E-state index contributed by atoms with van der Waals surface area (Å²) in [7, 11) is 0. The van der Waals surface area contributed by atoms with E-state index in [0.29, 0.717) is 25.1 Å². The van der Waals surface area contributed by atoms with Crippen LogP contribution in [0.5, 0.6) is 0 Å². The Hall–Kier alpha value is -3.66. The van der Waals surface area contributed by atoms with Crippen LogP contribution in [0, 0.1) is 18.6 Å². The van der Waals surface area contributed by atoms with Gasteiger partial charge in [0.15, 0.2) is 11.4 Å². The predicted molar refractivity (Wildman–Crippen MR) is 121 cm³/mol. The summed E-state index contributed by atoms with van der Waals surface area (Å²) in [4.78, 5) is 27.1. The van der Waals surface area contributed by atoms with Crippen LogP contribution < -0.4 is 11.1 Å². The molecule has 0 bridgehead atoms. The average molecular weight is 488 g/mol. The van der Waals surface area contributed by atoms with Crippen molar-refractivity contribution in [2.75, 3.05) is 24.1 Å². The first kappa shape index (κ1) is 22.1. The monoisotopic (exact) mass is 487 g/mol. The minimum absolute atomic E-state index is 0.0373. The number of ether oxygens (including phenoxy) is 1. The van der Waals surface area contributed by atoms with Crippen LogP contribution in [0.1, 0.15) is 34.3 Å². The molecular formula is C23H20ClF2N5O3. The van der Waals surface area contributed by atoms with Gasteiger partial charge in [0.05, 0.1) is 34.7 Å². The third-order valence-corrected chi connectivity index (χ3v) is 6.55. The number of rotatable bonds is 2. The van der Waals surface area contributed by atoms with Crippen LogP contribution in [0.15, 0.2) is 36.5 Å². The number of nitrogens with two attached hydrogens (primary N) is 1. The van der Waals surface area contributed by atoms with Gasteiger partial charge in [0.25, 0.3) is 5.91 Å².